The monoisotopic (exact) mass is 472 g/mol. The van der Waals surface area contributed by atoms with Crippen LogP contribution in [0.3, 0.4) is 0 Å². The molecule has 2 aliphatic heterocycles. The third-order valence-electron chi connectivity index (χ3n) is 6.50. The van der Waals surface area contributed by atoms with Gasteiger partial charge in [-0.05, 0) is 55.5 Å². The maximum absolute atomic E-state index is 12.7. The van der Waals surface area contributed by atoms with Gasteiger partial charge in [-0.3, -0.25) is 9.52 Å². The van der Waals surface area contributed by atoms with E-state index in [2.05, 4.69) is 10.0 Å². The molecule has 3 N–H and O–H groups in total. The number of carbonyl (C=O) groups excluding carboxylic acids is 1. The molecule has 33 heavy (non-hydrogen) atoms. The Balaban J connectivity index is 1.32. The SMILES string of the molecule is O=C(C[C@H]1C[C@@H]2c3cc(NS(=O)(=O)c4ccccc4)ccc3O[C@@H]2[C@@H](CO)O1)NCC1CC1. The number of aliphatic hydroxyl groups excluding tert-OH is 1. The molecule has 0 radical (unpaired) electrons. The number of rotatable bonds is 8. The van der Waals surface area contributed by atoms with E-state index >= 15 is 0 Å². The van der Waals surface area contributed by atoms with Crippen molar-refractivity contribution in [3.8, 4) is 5.75 Å². The summed E-state index contributed by atoms with van der Waals surface area (Å²) in [5, 5.41) is 12.9. The first-order chi connectivity index (χ1) is 15.9. The van der Waals surface area contributed by atoms with Crippen LogP contribution < -0.4 is 14.8 Å². The van der Waals surface area contributed by atoms with Crippen LogP contribution in [-0.4, -0.2) is 50.9 Å². The molecule has 0 spiro atoms. The highest BCUT2D eigenvalue weighted by atomic mass is 32.2. The summed E-state index contributed by atoms with van der Waals surface area (Å²) in [4.78, 5) is 12.5. The Kier molecular flexibility index (Phi) is 6.03. The van der Waals surface area contributed by atoms with Crippen molar-refractivity contribution in [2.24, 2.45) is 5.92 Å². The number of nitrogens with one attached hydrogen (secondary N) is 2. The minimum absolute atomic E-state index is 0.0504. The van der Waals surface area contributed by atoms with Crippen molar-refractivity contribution < 1.29 is 27.8 Å². The molecule has 3 aliphatic rings. The zero-order chi connectivity index (χ0) is 23.0. The molecule has 9 heteroatoms. The molecular weight excluding hydrogens is 444 g/mol. The van der Waals surface area contributed by atoms with Gasteiger partial charge in [0, 0.05) is 23.7 Å². The standard InChI is InChI=1S/C24H28N2O6S/c27-14-22-24-20(11-17(31-22)12-23(28)25-13-15-6-7-15)19-10-16(8-9-21(19)32-24)26-33(29,30)18-4-2-1-3-5-18/h1-5,8-10,15,17,20,22,24,26-27H,6-7,11-14H2,(H,25,28)/t17-,20-,22-,24+/m1/s1. The number of fused-ring (bicyclic) bond motifs is 3. The van der Waals surface area contributed by atoms with Gasteiger partial charge in [0.25, 0.3) is 10.0 Å². The fraction of sp³-hybridized carbons (Fsp3) is 0.458. The molecule has 2 fully saturated rings. The molecule has 4 atom stereocenters. The van der Waals surface area contributed by atoms with E-state index in [1.165, 1.54) is 25.0 Å². The lowest BCUT2D eigenvalue weighted by atomic mass is 9.84. The number of carbonyl (C=O) groups is 1. The van der Waals surface area contributed by atoms with Crippen molar-refractivity contribution >= 4 is 21.6 Å². The van der Waals surface area contributed by atoms with E-state index in [1.54, 1.807) is 36.4 Å². The molecule has 5 rings (SSSR count). The molecule has 0 unspecified atom stereocenters. The van der Waals surface area contributed by atoms with E-state index in [-0.39, 0.29) is 42.0 Å². The van der Waals surface area contributed by atoms with Gasteiger partial charge in [-0.25, -0.2) is 8.42 Å². The first-order valence-electron chi connectivity index (χ1n) is 11.3. The fourth-order valence-electron chi connectivity index (χ4n) is 4.63. The van der Waals surface area contributed by atoms with Gasteiger partial charge in [0.1, 0.15) is 18.0 Å². The molecule has 176 valence electrons. The van der Waals surface area contributed by atoms with Crippen molar-refractivity contribution in [2.45, 2.75) is 54.8 Å². The predicted molar refractivity (Wildman–Crippen MR) is 122 cm³/mol. The molecule has 1 amide bonds. The molecule has 0 aromatic heterocycles. The van der Waals surface area contributed by atoms with Gasteiger partial charge < -0.3 is 19.9 Å². The second kappa shape index (κ2) is 8.96. The van der Waals surface area contributed by atoms with Crippen molar-refractivity contribution in [3.05, 3.63) is 54.1 Å². The molecule has 1 saturated carbocycles. The highest BCUT2D eigenvalue weighted by molar-refractivity contribution is 7.92. The van der Waals surface area contributed by atoms with Gasteiger partial charge >= 0.3 is 0 Å². The zero-order valence-electron chi connectivity index (χ0n) is 18.1. The largest absolute Gasteiger partial charge is 0.487 e. The third-order valence-corrected chi connectivity index (χ3v) is 7.90. The van der Waals surface area contributed by atoms with Gasteiger partial charge in [-0.1, -0.05) is 18.2 Å². The van der Waals surface area contributed by atoms with Gasteiger partial charge in [-0.15, -0.1) is 0 Å². The summed E-state index contributed by atoms with van der Waals surface area (Å²) in [7, 11) is -3.72. The van der Waals surface area contributed by atoms with Crippen LogP contribution >= 0.6 is 0 Å². The summed E-state index contributed by atoms with van der Waals surface area (Å²) >= 11 is 0. The molecule has 1 aliphatic carbocycles. The zero-order valence-corrected chi connectivity index (χ0v) is 19.0. The number of amides is 1. The lowest BCUT2D eigenvalue weighted by molar-refractivity contribution is -0.142. The van der Waals surface area contributed by atoms with Crippen LogP contribution in [0.2, 0.25) is 0 Å². The Morgan fingerprint density at radius 2 is 1.91 bits per heavy atom. The van der Waals surface area contributed by atoms with Gasteiger partial charge in [-0.2, -0.15) is 0 Å². The third kappa shape index (κ3) is 4.85. The lowest BCUT2D eigenvalue weighted by Gasteiger charge is -2.37. The molecule has 8 nitrogen and oxygen atoms in total. The minimum atomic E-state index is -3.72. The number of hydrogen-bond acceptors (Lipinski definition) is 6. The fourth-order valence-corrected chi connectivity index (χ4v) is 5.70. The van der Waals surface area contributed by atoms with Crippen molar-refractivity contribution in [2.75, 3.05) is 17.9 Å². The van der Waals surface area contributed by atoms with E-state index in [4.69, 9.17) is 9.47 Å². The van der Waals surface area contributed by atoms with Crippen LogP contribution in [0, 0.1) is 5.92 Å². The molecule has 2 heterocycles. The van der Waals surface area contributed by atoms with Crippen molar-refractivity contribution in [1.82, 2.24) is 5.32 Å². The van der Waals surface area contributed by atoms with Gasteiger partial charge in [0.15, 0.2) is 0 Å². The Morgan fingerprint density at radius 3 is 2.64 bits per heavy atom. The summed E-state index contributed by atoms with van der Waals surface area (Å²) in [5.41, 5.74) is 1.30. The van der Waals surface area contributed by atoms with Crippen LogP contribution in [0.5, 0.6) is 5.75 Å². The number of ether oxygens (including phenoxy) is 2. The Bertz CT molecular complexity index is 1120. The van der Waals surface area contributed by atoms with E-state index in [1.807, 2.05) is 0 Å². The van der Waals surface area contributed by atoms with Crippen LogP contribution in [0.15, 0.2) is 53.4 Å². The molecule has 2 aromatic carbocycles. The van der Waals surface area contributed by atoms with E-state index in [9.17, 15) is 18.3 Å². The smallest absolute Gasteiger partial charge is 0.261 e. The Hall–Kier alpha value is -2.62. The number of aliphatic hydroxyl groups is 1. The number of sulfonamides is 1. The molecule has 0 bridgehead atoms. The van der Waals surface area contributed by atoms with E-state index < -0.39 is 16.1 Å². The second-order valence-electron chi connectivity index (χ2n) is 9.03. The summed E-state index contributed by atoms with van der Waals surface area (Å²) in [6.07, 6.45) is 1.84. The van der Waals surface area contributed by atoms with Gasteiger partial charge in [0.05, 0.1) is 24.0 Å². The maximum Gasteiger partial charge on any atom is 0.261 e. The quantitative estimate of drug-likeness (QED) is 0.544. The summed E-state index contributed by atoms with van der Waals surface area (Å²) < 4.78 is 40.2. The average Bonchev–Trinajstić information content (AvgIpc) is 3.58. The minimum Gasteiger partial charge on any atom is -0.487 e. The maximum atomic E-state index is 12.7. The lowest BCUT2D eigenvalue weighted by Crippen LogP contribution is -2.47. The van der Waals surface area contributed by atoms with Crippen molar-refractivity contribution in [1.29, 1.82) is 0 Å². The number of anilines is 1. The van der Waals surface area contributed by atoms with Crippen molar-refractivity contribution in [3.63, 3.8) is 0 Å². The van der Waals surface area contributed by atoms with Crippen LogP contribution in [0.25, 0.3) is 0 Å². The van der Waals surface area contributed by atoms with Crippen LogP contribution in [0.1, 0.15) is 37.2 Å². The normalized spacial score (nSPS) is 26.1. The molecule has 1 saturated heterocycles. The highest BCUT2D eigenvalue weighted by Gasteiger charge is 2.46. The highest BCUT2D eigenvalue weighted by Crippen LogP contribution is 2.47. The van der Waals surface area contributed by atoms with E-state index in [0.29, 0.717) is 30.3 Å². The molecule has 2 aromatic rings. The first-order valence-corrected chi connectivity index (χ1v) is 12.8. The topological polar surface area (TPSA) is 114 Å². The van der Waals surface area contributed by atoms with Crippen LogP contribution in [-0.2, 0) is 19.6 Å². The van der Waals surface area contributed by atoms with E-state index in [0.717, 1.165) is 5.56 Å². The number of benzene rings is 2. The Labute approximate surface area is 193 Å². The Morgan fingerprint density at radius 1 is 1.12 bits per heavy atom. The average molecular weight is 473 g/mol. The predicted octanol–water partition coefficient (Wildman–Crippen LogP) is 2.40. The summed E-state index contributed by atoms with van der Waals surface area (Å²) in [6, 6.07) is 13.4. The van der Waals surface area contributed by atoms with Crippen LogP contribution in [0.4, 0.5) is 5.69 Å². The van der Waals surface area contributed by atoms with Gasteiger partial charge in [0.2, 0.25) is 5.91 Å². The summed E-state index contributed by atoms with van der Waals surface area (Å²) in [6.45, 7) is 0.487. The number of hydrogen-bond donors (Lipinski definition) is 3. The second-order valence-corrected chi connectivity index (χ2v) is 10.7. The first kappa shape index (κ1) is 22.2. The molecular formula is C24H28N2O6S. The summed E-state index contributed by atoms with van der Waals surface area (Å²) in [5.74, 6) is 1.09.